The summed E-state index contributed by atoms with van der Waals surface area (Å²) >= 11 is 1.75. The molecule has 0 spiro atoms. The average molecular weight is 232 g/mol. The van der Waals surface area contributed by atoms with Crippen molar-refractivity contribution in [2.45, 2.75) is 30.6 Å². The molecular formula is C9H16N2O3S. The third-order valence-corrected chi connectivity index (χ3v) is 3.64. The lowest BCUT2D eigenvalue weighted by Crippen LogP contribution is -2.45. The number of nitrogens with one attached hydrogen (secondary N) is 2. The first-order chi connectivity index (χ1) is 7.13. The molecule has 1 rings (SSSR count). The molecule has 86 valence electrons. The molecule has 1 aliphatic carbocycles. The molecule has 1 aliphatic rings. The molecule has 3 N–H and O–H groups in total. The Kier molecular flexibility index (Phi) is 4.74. The summed E-state index contributed by atoms with van der Waals surface area (Å²) in [5, 5.41) is 13.9. The van der Waals surface area contributed by atoms with Gasteiger partial charge in [-0.2, -0.15) is 11.8 Å². The van der Waals surface area contributed by atoms with E-state index < -0.39 is 5.97 Å². The number of carbonyl (C=O) groups is 2. The van der Waals surface area contributed by atoms with Crippen LogP contribution in [0.2, 0.25) is 0 Å². The largest absolute Gasteiger partial charge is 0.480 e. The monoisotopic (exact) mass is 232 g/mol. The van der Waals surface area contributed by atoms with Gasteiger partial charge in [-0.3, -0.25) is 4.79 Å². The molecule has 0 aromatic heterocycles. The molecule has 5 nitrogen and oxygen atoms in total. The molecule has 0 heterocycles. The minimum absolute atomic E-state index is 0.175. The van der Waals surface area contributed by atoms with E-state index in [2.05, 4.69) is 10.6 Å². The number of carboxylic acids is 1. The number of urea groups is 1. The van der Waals surface area contributed by atoms with Crippen molar-refractivity contribution >= 4 is 23.8 Å². The molecule has 15 heavy (non-hydrogen) atoms. The van der Waals surface area contributed by atoms with Gasteiger partial charge in [0.05, 0.1) is 0 Å². The maximum atomic E-state index is 11.3. The number of rotatable bonds is 4. The van der Waals surface area contributed by atoms with Crippen LogP contribution in [0.3, 0.4) is 0 Å². The molecule has 0 saturated heterocycles. The van der Waals surface area contributed by atoms with Crippen LogP contribution in [0.4, 0.5) is 4.79 Å². The third-order valence-electron chi connectivity index (χ3n) is 2.47. The molecule has 0 aromatic carbocycles. The second-order valence-corrected chi connectivity index (χ2v) is 4.61. The van der Waals surface area contributed by atoms with Crippen molar-refractivity contribution in [1.82, 2.24) is 10.6 Å². The molecule has 2 unspecified atom stereocenters. The number of carbonyl (C=O) groups excluding carboxylic acids is 1. The van der Waals surface area contributed by atoms with Crippen molar-refractivity contribution in [3.8, 4) is 0 Å². The normalized spacial score (nSPS) is 24.9. The van der Waals surface area contributed by atoms with Gasteiger partial charge in [0.1, 0.15) is 6.54 Å². The molecule has 6 heteroatoms. The number of amides is 2. The highest BCUT2D eigenvalue weighted by Gasteiger charge is 2.27. The van der Waals surface area contributed by atoms with Gasteiger partial charge in [0.25, 0.3) is 0 Å². The Bertz CT molecular complexity index is 248. The highest BCUT2D eigenvalue weighted by atomic mass is 32.2. The minimum atomic E-state index is -1.03. The molecule has 2 amide bonds. The van der Waals surface area contributed by atoms with Crippen LogP contribution in [0.25, 0.3) is 0 Å². The Labute approximate surface area is 93.0 Å². The predicted molar refractivity (Wildman–Crippen MR) is 59.1 cm³/mol. The van der Waals surface area contributed by atoms with Gasteiger partial charge in [0, 0.05) is 11.3 Å². The summed E-state index contributed by atoms with van der Waals surface area (Å²) in [5.41, 5.74) is 0. The lowest BCUT2D eigenvalue weighted by molar-refractivity contribution is -0.135. The summed E-state index contributed by atoms with van der Waals surface area (Å²) in [6, 6.07) is -0.211. The molecular weight excluding hydrogens is 216 g/mol. The first-order valence-electron chi connectivity index (χ1n) is 4.92. The molecule has 2 atom stereocenters. The van der Waals surface area contributed by atoms with Gasteiger partial charge in [0.2, 0.25) is 0 Å². The first-order valence-corrected chi connectivity index (χ1v) is 6.21. The molecule has 0 aromatic rings. The maximum absolute atomic E-state index is 11.3. The number of hydrogen-bond acceptors (Lipinski definition) is 3. The van der Waals surface area contributed by atoms with Crippen LogP contribution in [0.1, 0.15) is 19.3 Å². The van der Waals surface area contributed by atoms with E-state index in [9.17, 15) is 9.59 Å². The van der Waals surface area contributed by atoms with Crippen LogP contribution in [-0.2, 0) is 4.79 Å². The van der Waals surface area contributed by atoms with Crippen molar-refractivity contribution in [3.05, 3.63) is 0 Å². The second kappa shape index (κ2) is 5.85. The summed E-state index contributed by atoms with van der Waals surface area (Å²) in [4.78, 5) is 21.5. The van der Waals surface area contributed by atoms with E-state index >= 15 is 0 Å². The maximum Gasteiger partial charge on any atom is 0.323 e. The van der Waals surface area contributed by atoms with Crippen molar-refractivity contribution < 1.29 is 14.7 Å². The molecule has 1 fully saturated rings. The highest BCUT2D eigenvalue weighted by molar-refractivity contribution is 7.99. The Morgan fingerprint density at radius 3 is 2.80 bits per heavy atom. The van der Waals surface area contributed by atoms with E-state index in [4.69, 9.17) is 5.11 Å². The van der Waals surface area contributed by atoms with Crippen molar-refractivity contribution in [1.29, 1.82) is 0 Å². The average Bonchev–Trinajstić information content (AvgIpc) is 2.62. The van der Waals surface area contributed by atoms with Gasteiger partial charge in [-0.25, -0.2) is 4.79 Å². The van der Waals surface area contributed by atoms with Crippen LogP contribution in [0.5, 0.6) is 0 Å². The van der Waals surface area contributed by atoms with Crippen molar-refractivity contribution in [2.24, 2.45) is 0 Å². The van der Waals surface area contributed by atoms with E-state index in [1.807, 2.05) is 6.26 Å². The van der Waals surface area contributed by atoms with Gasteiger partial charge < -0.3 is 15.7 Å². The zero-order chi connectivity index (χ0) is 11.3. The van der Waals surface area contributed by atoms with E-state index in [0.717, 1.165) is 19.3 Å². The summed E-state index contributed by atoms with van der Waals surface area (Å²) in [6.45, 7) is -0.331. The second-order valence-electron chi connectivity index (χ2n) is 3.53. The summed E-state index contributed by atoms with van der Waals surface area (Å²) in [5.74, 6) is -1.03. The number of hydrogen-bond donors (Lipinski definition) is 3. The lowest BCUT2D eigenvalue weighted by Gasteiger charge is -2.18. The predicted octanol–water partition coefficient (Wildman–Crippen LogP) is 0.654. The fourth-order valence-corrected chi connectivity index (χ4v) is 2.68. The Balaban J connectivity index is 2.27. The van der Waals surface area contributed by atoms with Crippen LogP contribution in [-0.4, -0.2) is 41.2 Å². The quantitative estimate of drug-likeness (QED) is 0.665. The fraction of sp³-hybridized carbons (Fsp3) is 0.778. The molecule has 0 radical (unpaired) electrons. The van der Waals surface area contributed by atoms with Gasteiger partial charge in [0.15, 0.2) is 0 Å². The first kappa shape index (κ1) is 12.2. The molecule has 1 saturated carbocycles. The van der Waals surface area contributed by atoms with E-state index in [-0.39, 0.29) is 18.6 Å². The van der Waals surface area contributed by atoms with Crippen LogP contribution in [0.15, 0.2) is 0 Å². The van der Waals surface area contributed by atoms with E-state index in [1.54, 1.807) is 11.8 Å². The number of aliphatic carboxylic acids is 1. The topological polar surface area (TPSA) is 78.4 Å². The van der Waals surface area contributed by atoms with Gasteiger partial charge in [-0.15, -0.1) is 0 Å². The Morgan fingerprint density at radius 1 is 1.47 bits per heavy atom. The summed E-state index contributed by atoms with van der Waals surface area (Å²) in [7, 11) is 0. The zero-order valence-corrected chi connectivity index (χ0v) is 9.47. The Morgan fingerprint density at radius 2 is 2.20 bits per heavy atom. The van der Waals surface area contributed by atoms with E-state index in [1.165, 1.54) is 0 Å². The molecule has 0 aliphatic heterocycles. The van der Waals surface area contributed by atoms with Gasteiger partial charge in [-0.1, -0.05) is 6.42 Å². The van der Waals surface area contributed by atoms with Gasteiger partial charge >= 0.3 is 12.0 Å². The number of carboxylic acid groups (broad SMARTS) is 1. The van der Waals surface area contributed by atoms with Crippen molar-refractivity contribution in [3.63, 3.8) is 0 Å². The molecule has 0 bridgehead atoms. The smallest absolute Gasteiger partial charge is 0.323 e. The zero-order valence-electron chi connectivity index (χ0n) is 8.66. The SMILES string of the molecule is CSC1CCCC1NC(=O)NCC(=O)O. The Hall–Kier alpha value is -0.910. The van der Waals surface area contributed by atoms with Crippen LogP contribution in [0, 0.1) is 0 Å². The highest BCUT2D eigenvalue weighted by Crippen LogP contribution is 2.28. The standard InChI is InChI=1S/C9H16N2O3S/c1-15-7-4-2-3-6(7)11-9(14)10-5-8(12)13/h6-7H,2-5H2,1H3,(H,12,13)(H2,10,11,14). The van der Waals surface area contributed by atoms with Gasteiger partial charge in [-0.05, 0) is 19.1 Å². The summed E-state index contributed by atoms with van der Waals surface area (Å²) < 4.78 is 0. The lowest BCUT2D eigenvalue weighted by atomic mass is 10.2. The summed E-state index contributed by atoms with van der Waals surface area (Å²) in [6.07, 6.45) is 5.24. The fourth-order valence-electron chi connectivity index (χ4n) is 1.75. The number of thioether (sulfide) groups is 1. The van der Waals surface area contributed by atoms with Crippen LogP contribution < -0.4 is 10.6 Å². The van der Waals surface area contributed by atoms with Crippen LogP contribution >= 0.6 is 11.8 Å². The van der Waals surface area contributed by atoms with E-state index in [0.29, 0.717) is 5.25 Å². The third kappa shape index (κ3) is 3.99. The van der Waals surface area contributed by atoms with Crippen molar-refractivity contribution in [2.75, 3.05) is 12.8 Å². The minimum Gasteiger partial charge on any atom is -0.480 e.